The van der Waals surface area contributed by atoms with Crippen molar-refractivity contribution in [2.75, 3.05) is 40.4 Å². The van der Waals surface area contributed by atoms with Gasteiger partial charge in [0.05, 0.1) is 33.9 Å². The Morgan fingerprint density at radius 2 is 1.73 bits per heavy atom. The van der Waals surface area contributed by atoms with Crippen molar-refractivity contribution in [3.05, 3.63) is 29.8 Å². The number of benzene rings is 1. The number of quaternary nitrogens is 1. The minimum absolute atomic E-state index is 0.293. The molecule has 5 rings (SSSR count). The van der Waals surface area contributed by atoms with Gasteiger partial charge in [-0.05, 0) is 36.5 Å². The number of aliphatic hydroxyl groups is 1. The van der Waals surface area contributed by atoms with Crippen molar-refractivity contribution < 1.29 is 19.1 Å². The summed E-state index contributed by atoms with van der Waals surface area (Å²) in [5, 5.41) is 11.7. The maximum atomic E-state index is 11.7. The van der Waals surface area contributed by atoms with E-state index < -0.39 is 5.60 Å². The Kier molecular flexibility index (Phi) is 5.02. The summed E-state index contributed by atoms with van der Waals surface area (Å²) in [5.74, 6) is 1.80. The maximum Gasteiger partial charge on any atom is 0.118 e. The first-order valence-corrected chi connectivity index (χ1v) is 10.3. The van der Waals surface area contributed by atoms with E-state index in [0.29, 0.717) is 24.5 Å². The molecular formula is C22H34NO3+. The van der Waals surface area contributed by atoms with Gasteiger partial charge in [0.25, 0.3) is 0 Å². The number of rotatable bonds is 6. The zero-order valence-electron chi connectivity index (χ0n) is 16.3. The molecule has 2 atom stereocenters. The molecule has 2 bridgehead atoms. The summed E-state index contributed by atoms with van der Waals surface area (Å²) < 4.78 is 12.9. The molecule has 144 valence electrons. The summed E-state index contributed by atoms with van der Waals surface area (Å²) in [5.41, 5.74) is 0.0970. The fourth-order valence-corrected chi connectivity index (χ4v) is 5.49. The lowest BCUT2D eigenvalue weighted by Gasteiger charge is -2.50. The lowest BCUT2D eigenvalue weighted by Crippen LogP contribution is -2.62. The van der Waals surface area contributed by atoms with Crippen molar-refractivity contribution in [3.63, 3.8) is 0 Å². The second-order valence-corrected chi connectivity index (χ2v) is 9.07. The lowest BCUT2D eigenvalue weighted by molar-refractivity contribution is -0.928. The van der Waals surface area contributed by atoms with Gasteiger partial charge in [0.2, 0.25) is 0 Å². The highest BCUT2D eigenvalue weighted by Gasteiger charge is 2.46. The maximum absolute atomic E-state index is 11.7. The predicted molar refractivity (Wildman–Crippen MR) is 102 cm³/mol. The molecule has 1 aliphatic carbocycles. The summed E-state index contributed by atoms with van der Waals surface area (Å²) in [4.78, 5) is 0. The third-order valence-corrected chi connectivity index (χ3v) is 7.36. The first-order valence-electron chi connectivity index (χ1n) is 10.3. The molecule has 0 amide bonds. The van der Waals surface area contributed by atoms with E-state index in [1.807, 2.05) is 24.3 Å². The number of fused-ring (bicyclic) bond motifs is 3. The van der Waals surface area contributed by atoms with Crippen LogP contribution >= 0.6 is 0 Å². The van der Waals surface area contributed by atoms with Gasteiger partial charge in [-0.3, -0.25) is 0 Å². The molecule has 4 nitrogen and oxygen atoms in total. The van der Waals surface area contributed by atoms with Crippen molar-refractivity contribution in [1.29, 1.82) is 0 Å². The molecule has 1 aromatic carbocycles. The van der Waals surface area contributed by atoms with Crippen LogP contribution in [0.15, 0.2) is 24.3 Å². The highest BCUT2D eigenvalue weighted by atomic mass is 16.5. The molecule has 1 N–H and O–H groups in total. The lowest BCUT2D eigenvalue weighted by atomic mass is 9.80. The number of hydrogen-bond donors (Lipinski definition) is 1. The number of hydrogen-bond acceptors (Lipinski definition) is 3. The number of ether oxygens (including phenoxy) is 2. The minimum Gasteiger partial charge on any atom is -0.497 e. The Balaban J connectivity index is 1.51. The minimum atomic E-state index is -0.882. The summed E-state index contributed by atoms with van der Waals surface area (Å²) in [7, 11) is 4.04. The number of likely N-dealkylation sites (N-methyl/N-ethyl adjacent to an activating group) is 1. The van der Waals surface area contributed by atoms with Crippen LogP contribution in [0.2, 0.25) is 0 Å². The zero-order valence-corrected chi connectivity index (χ0v) is 16.3. The molecule has 0 aromatic heterocycles. The number of piperidine rings is 3. The SMILES string of the molecule is COc1ccc([C@@](O)(CO[C@@H]2C[N+]3(C)CCC2CC3)C2CCCC2)cc1. The van der Waals surface area contributed by atoms with Gasteiger partial charge in [-0.1, -0.05) is 25.0 Å². The van der Waals surface area contributed by atoms with Crippen LogP contribution in [-0.4, -0.2) is 56.1 Å². The highest BCUT2D eigenvalue weighted by Crippen LogP contribution is 2.42. The third-order valence-electron chi connectivity index (χ3n) is 7.36. The van der Waals surface area contributed by atoms with Gasteiger partial charge >= 0.3 is 0 Å². The molecule has 0 radical (unpaired) electrons. The van der Waals surface area contributed by atoms with E-state index in [1.165, 1.54) is 38.8 Å². The van der Waals surface area contributed by atoms with Crippen LogP contribution in [0.3, 0.4) is 0 Å². The Bertz CT molecular complexity index is 602. The smallest absolute Gasteiger partial charge is 0.118 e. The van der Waals surface area contributed by atoms with Crippen molar-refractivity contribution in [2.45, 2.75) is 50.2 Å². The summed E-state index contributed by atoms with van der Waals surface area (Å²) in [6.45, 7) is 4.10. The quantitative estimate of drug-likeness (QED) is 0.791. The first kappa shape index (κ1) is 18.3. The number of methoxy groups -OCH3 is 1. The molecule has 4 heteroatoms. The van der Waals surface area contributed by atoms with Crippen LogP contribution in [0.4, 0.5) is 0 Å². The number of nitrogens with zero attached hydrogens (tertiary/aromatic N) is 1. The second-order valence-electron chi connectivity index (χ2n) is 9.07. The largest absolute Gasteiger partial charge is 0.497 e. The Labute approximate surface area is 157 Å². The van der Waals surface area contributed by atoms with E-state index in [1.54, 1.807) is 7.11 Å². The molecule has 0 unspecified atom stereocenters. The summed E-state index contributed by atoms with van der Waals surface area (Å²) in [6, 6.07) is 7.95. The Morgan fingerprint density at radius 1 is 1.08 bits per heavy atom. The average molecular weight is 361 g/mol. The predicted octanol–water partition coefficient (Wildman–Crippen LogP) is 3.33. The van der Waals surface area contributed by atoms with E-state index in [0.717, 1.165) is 35.2 Å². The van der Waals surface area contributed by atoms with Crippen molar-refractivity contribution in [1.82, 2.24) is 0 Å². The van der Waals surface area contributed by atoms with Crippen LogP contribution in [0.5, 0.6) is 5.75 Å². The van der Waals surface area contributed by atoms with Gasteiger partial charge in [-0.2, -0.15) is 0 Å². The van der Waals surface area contributed by atoms with Gasteiger partial charge in [0, 0.05) is 18.8 Å². The van der Waals surface area contributed by atoms with E-state index in [2.05, 4.69) is 7.05 Å². The van der Waals surface area contributed by atoms with Crippen molar-refractivity contribution >= 4 is 0 Å². The first-order chi connectivity index (χ1) is 12.5. The van der Waals surface area contributed by atoms with Crippen LogP contribution in [0.25, 0.3) is 0 Å². The van der Waals surface area contributed by atoms with E-state index >= 15 is 0 Å². The summed E-state index contributed by atoms with van der Waals surface area (Å²) in [6.07, 6.45) is 7.45. The Hall–Kier alpha value is -1.10. The zero-order chi connectivity index (χ0) is 18.2. The van der Waals surface area contributed by atoms with Crippen molar-refractivity contribution in [3.8, 4) is 5.75 Å². The van der Waals surface area contributed by atoms with Gasteiger partial charge in [-0.25, -0.2) is 0 Å². The summed E-state index contributed by atoms with van der Waals surface area (Å²) >= 11 is 0. The van der Waals surface area contributed by atoms with Gasteiger partial charge < -0.3 is 19.1 Å². The molecule has 1 aromatic rings. The highest BCUT2D eigenvalue weighted by molar-refractivity contribution is 5.31. The van der Waals surface area contributed by atoms with E-state index in [-0.39, 0.29) is 0 Å². The molecule has 0 spiro atoms. The molecule has 3 heterocycles. The molecule has 4 fully saturated rings. The average Bonchev–Trinajstić information content (AvgIpc) is 3.22. The van der Waals surface area contributed by atoms with Gasteiger partial charge in [0.1, 0.15) is 24.0 Å². The molecule has 3 aliphatic heterocycles. The van der Waals surface area contributed by atoms with Crippen molar-refractivity contribution in [2.24, 2.45) is 11.8 Å². The van der Waals surface area contributed by atoms with Crippen LogP contribution < -0.4 is 4.74 Å². The van der Waals surface area contributed by atoms with Gasteiger partial charge in [0.15, 0.2) is 0 Å². The molecule has 3 saturated heterocycles. The van der Waals surface area contributed by atoms with E-state index in [9.17, 15) is 5.11 Å². The molecular weight excluding hydrogens is 326 g/mol. The fourth-order valence-electron chi connectivity index (χ4n) is 5.49. The van der Waals surface area contributed by atoms with E-state index in [4.69, 9.17) is 9.47 Å². The van der Waals surface area contributed by atoms with Crippen LogP contribution in [0.1, 0.15) is 44.1 Å². The van der Waals surface area contributed by atoms with Crippen LogP contribution in [-0.2, 0) is 10.3 Å². The van der Waals surface area contributed by atoms with Crippen LogP contribution in [0, 0.1) is 11.8 Å². The normalized spacial score (nSPS) is 34.0. The molecule has 4 aliphatic rings. The van der Waals surface area contributed by atoms with Gasteiger partial charge in [-0.15, -0.1) is 0 Å². The second kappa shape index (κ2) is 7.14. The molecule has 1 saturated carbocycles. The Morgan fingerprint density at radius 3 is 2.31 bits per heavy atom. The molecule has 26 heavy (non-hydrogen) atoms. The third kappa shape index (κ3) is 3.39. The monoisotopic (exact) mass is 360 g/mol. The fraction of sp³-hybridized carbons (Fsp3) is 0.727. The topological polar surface area (TPSA) is 38.7 Å². The standard InChI is InChI=1S/C22H34NO3/c1-23-13-11-17(12-14-23)21(15-23)26-16-22(24,18-5-3-4-6-18)19-7-9-20(25-2)10-8-19/h7-10,17-18,21,24H,3-6,11-16H2,1-2H3/q+1/t17?,21-,22-,23?/m1/s1.